The largest absolute Gasteiger partial charge is 0.352 e. The zero-order valence-corrected chi connectivity index (χ0v) is 17.9. The van der Waals surface area contributed by atoms with Crippen molar-refractivity contribution >= 4 is 21.8 Å². The zero-order chi connectivity index (χ0) is 20.9. The van der Waals surface area contributed by atoms with Gasteiger partial charge in [-0.2, -0.15) is 4.31 Å². The maximum atomic E-state index is 12.7. The Morgan fingerprint density at radius 3 is 2.21 bits per heavy atom. The average Bonchev–Trinajstić information content (AvgIpc) is 2.68. The molecule has 1 aliphatic rings. The van der Waals surface area contributed by atoms with Gasteiger partial charge in [-0.15, -0.1) is 0 Å². The quantitative estimate of drug-likeness (QED) is 0.718. The van der Waals surface area contributed by atoms with E-state index in [4.69, 9.17) is 0 Å². The van der Waals surface area contributed by atoms with E-state index in [1.54, 1.807) is 31.2 Å². The molecular formula is C20H31N3O4S. The van der Waals surface area contributed by atoms with Gasteiger partial charge in [0.05, 0.1) is 4.90 Å². The van der Waals surface area contributed by atoms with Crippen LogP contribution in [-0.2, 0) is 19.6 Å². The second kappa shape index (κ2) is 9.52. The van der Waals surface area contributed by atoms with E-state index >= 15 is 0 Å². The summed E-state index contributed by atoms with van der Waals surface area (Å²) in [5.74, 6) is -0.690. The number of aryl methyl sites for hydroxylation is 1. The highest BCUT2D eigenvalue weighted by atomic mass is 32.2. The highest BCUT2D eigenvalue weighted by Crippen LogP contribution is 2.24. The summed E-state index contributed by atoms with van der Waals surface area (Å²) < 4.78 is 26.9. The van der Waals surface area contributed by atoms with Crippen LogP contribution in [0.2, 0.25) is 0 Å². The van der Waals surface area contributed by atoms with Crippen LogP contribution in [0.1, 0.15) is 45.6 Å². The average molecular weight is 410 g/mol. The lowest BCUT2D eigenvalue weighted by molar-refractivity contribution is -0.131. The maximum absolute atomic E-state index is 12.7. The summed E-state index contributed by atoms with van der Waals surface area (Å²) >= 11 is 0. The number of carbonyl (C=O) groups excluding carboxylic acids is 2. The summed E-state index contributed by atoms with van der Waals surface area (Å²) in [7, 11) is -3.54. The van der Waals surface area contributed by atoms with Crippen LogP contribution in [-0.4, -0.2) is 49.7 Å². The van der Waals surface area contributed by atoms with Crippen molar-refractivity contribution in [2.75, 3.05) is 13.1 Å². The molecule has 1 aromatic carbocycles. The molecule has 156 valence electrons. The van der Waals surface area contributed by atoms with Crippen LogP contribution >= 0.6 is 0 Å². The van der Waals surface area contributed by atoms with Crippen molar-refractivity contribution in [3.05, 3.63) is 29.8 Å². The third-order valence-electron chi connectivity index (χ3n) is 5.24. The molecule has 0 spiro atoms. The van der Waals surface area contributed by atoms with E-state index < -0.39 is 16.1 Å². The van der Waals surface area contributed by atoms with Crippen molar-refractivity contribution in [3.63, 3.8) is 0 Å². The van der Waals surface area contributed by atoms with E-state index in [0.717, 1.165) is 12.0 Å². The van der Waals surface area contributed by atoms with Gasteiger partial charge in [-0.25, -0.2) is 8.42 Å². The fraction of sp³-hybridized carbons (Fsp3) is 0.600. The molecule has 0 radical (unpaired) electrons. The SMILES string of the molecule is CCC(C)NC(=O)C(C)NC(=O)C1CCN(S(=O)(=O)c2ccc(C)cc2)CC1. The van der Waals surface area contributed by atoms with E-state index in [0.29, 0.717) is 25.9 Å². The van der Waals surface area contributed by atoms with Gasteiger partial charge >= 0.3 is 0 Å². The molecule has 2 unspecified atom stereocenters. The van der Waals surface area contributed by atoms with Gasteiger partial charge in [-0.1, -0.05) is 24.6 Å². The maximum Gasteiger partial charge on any atom is 0.243 e. The van der Waals surface area contributed by atoms with E-state index in [1.807, 2.05) is 20.8 Å². The number of nitrogens with one attached hydrogen (secondary N) is 2. The van der Waals surface area contributed by atoms with Gasteiger partial charge in [0.25, 0.3) is 0 Å². The first-order valence-electron chi connectivity index (χ1n) is 9.82. The highest BCUT2D eigenvalue weighted by Gasteiger charge is 2.32. The molecule has 2 rings (SSSR count). The predicted octanol–water partition coefficient (Wildman–Crippen LogP) is 1.82. The lowest BCUT2D eigenvalue weighted by Crippen LogP contribution is -2.50. The molecule has 8 heteroatoms. The smallest absolute Gasteiger partial charge is 0.243 e. The van der Waals surface area contributed by atoms with Crippen molar-refractivity contribution in [2.24, 2.45) is 5.92 Å². The van der Waals surface area contributed by atoms with Gasteiger partial charge in [-0.05, 0) is 52.2 Å². The van der Waals surface area contributed by atoms with Crippen molar-refractivity contribution in [3.8, 4) is 0 Å². The fourth-order valence-electron chi connectivity index (χ4n) is 3.08. The molecule has 1 aliphatic heterocycles. The highest BCUT2D eigenvalue weighted by molar-refractivity contribution is 7.89. The summed E-state index contributed by atoms with van der Waals surface area (Å²) in [6.07, 6.45) is 1.70. The van der Waals surface area contributed by atoms with Crippen LogP contribution in [0.5, 0.6) is 0 Å². The van der Waals surface area contributed by atoms with Crippen LogP contribution in [0.4, 0.5) is 0 Å². The third-order valence-corrected chi connectivity index (χ3v) is 7.15. The monoisotopic (exact) mass is 409 g/mol. The van der Waals surface area contributed by atoms with Crippen molar-refractivity contribution in [1.29, 1.82) is 0 Å². The Labute approximate surface area is 167 Å². The van der Waals surface area contributed by atoms with E-state index in [-0.39, 0.29) is 28.7 Å². The molecule has 1 saturated heterocycles. The van der Waals surface area contributed by atoms with Crippen LogP contribution < -0.4 is 10.6 Å². The second-order valence-corrected chi connectivity index (χ2v) is 9.48. The molecule has 0 aromatic heterocycles. The molecule has 0 aliphatic carbocycles. The number of sulfonamides is 1. The Morgan fingerprint density at radius 2 is 1.68 bits per heavy atom. The van der Waals surface area contributed by atoms with Crippen LogP contribution in [0.3, 0.4) is 0 Å². The molecule has 2 N–H and O–H groups in total. The summed E-state index contributed by atoms with van der Waals surface area (Å²) in [5, 5.41) is 5.60. The summed E-state index contributed by atoms with van der Waals surface area (Å²) in [4.78, 5) is 24.8. The topological polar surface area (TPSA) is 95.6 Å². The molecule has 1 fully saturated rings. The number of amides is 2. The van der Waals surface area contributed by atoms with E-state index in [2.05, 4.69) is 10.6 Å². The van der Waals surface area contributed by atoms with Crippen molar-refractivity contribution in [1.82, 2.24) is 14.9 Å². The first-order valence-corrected chi connectivity index (χ1v) is 11.3. The molecule has 0 saturated carbocycles. The number of rotatable bonds is 7. The van der Waals surface area contributed by atoms with Gasteiger partial charge < -0.3 is 10.6 Å². The first kappa shape index (κ1) is 22.4. The Bertz CT molecular complexity index is 784. The standard InChI is InChI=1S/C20H31N3O4S/c1-5-15(3)21-19(24)16(4)22-20(25)17-10-12-23(13-11-17)28(26,27)18-8-6-14(2)7-9-18/h6-9,15-17H,5,10-13H2,1-4H3,(H,21,24)(H,22,25). The Hall–Kier alpha value is -1.93. The number of piperidine rings is 1. The van der Waals surface area contributed by atoms with Crippen LogP contribution in [0.15, 0.2) is 29.2 Å². The first-order chi connectivity index (χ1) is 13.1. The third kappa shape index (κ3) is 5.54. The Balaban J connectivity index is 1.89. The fourth-order valence-corrected chi connectivity index (χ4v) is 4.55. The summed E-state index contributed by atoms with van der Waals surface area (Å²) in [6, 6.07) is 6.22. The molecule has 1 heterocycles. The zero-order valence-electron chi connectivity index (χ0n) is 17.1. The van der Waals surface area contributed by atoms with Crippen molar-refractivity contribution < 1.29 is 18.0 Å². The van der Waals surface area contributed by atoms with E-state index in [1.165, 1.54) is 4.31 Å². The molecule has 7 nitrogen and oxygen atoms in total. The number of hydrogen-bond donors (Lipinski definition) is 2. The lowest BCUT2D eigenvalue weighted by atomic mass is 9.97. The van der Waals surface area contributed by atoms with Gasteiger partial charge in [0.2, 0.25) is 21.8 Å². The van der Waals surface area contributed by atoms with Crippen LogP contribution in [0, 0.1) is 12.8 Å². The number of nitrogens with zero attached hydrogens (tertiary/aromatic N) is 1. The molecule has 28 heavy (non-hydrogen) atoms. The normalized spacial score (nSPS) is 18.3. The second-order valence-electron chi connectivity index (χ2n) is 7.54. The minimum atomic E-state index is -3.54. The predicted molar refractivity (Wildman–Crippen MR) is 108 cm³/mol. The summed E-state index contributed by atoms with van der Waals surface area (Å²) in [5.41, 5.74) is 1.00. The number of hydrogen-bond acceptors (Lipinski definition) is 4. The van der Waals surface area contributed by atoms with Gasteiger partial charge in [0, 0.05) is 25.0 Å². The van der Waals surface area contributed by atoms with Gasteiger partial charge in [0.15, 0.2) is 0 Å². The lowest BCUT2D eigenvalue weighted by Gasteiger charge is -2.31. The van der Waals surface area contributed by atoms with Gasteiger partial charge in [-0.3, -0.25) is 9.59 Å². The summed E-state index contributed by atoms with van der Waals surface area (Å²) in [6.45, 7) is 8.05. The molecule has 0 bridgehead atoms. The minimum absolute atomic E-state index is 0.0575. The van der Waals surface area contributed by atoms with Crippen molar-refractivity contribution in [2.45, 2.75) is 63.9 Å². The molecular weight excluding hydrogens is 378 g/mol. The van der Waals surface area contributed by atoms with E-state index in [9.17, 15) is 18.0 Å². The number of benzene rings is 1. The molecule has 1 aromatic rings. The minimum Gasteiger partial charge on any atom is -0.352 e. The Morgan fingerprint density at radius 1 is 1.11 bits per heavy atom. The van der Waals surface area contributed by atoms with Gasteiger partial charge in [0.1, 0.15) is 6.04 Å². The van der Waals surface area contributed by atoms with Crippen LogP contribution in [0.25, 0.3) is 0 Å². The Kier molecular flexibility index (Phi) is 7.60. The molecule has 2 amide bonds. The molecule has 2 atom stereocenters. The number of carbonyl (C=O) groups is 2.